The van der Waals surface area contributed by atoms with E-state index in [1.807, 2.05) is 12.1 Å². The van der Waals surface area contributed by atoms with Gasteiger partial charge in [0.2, 0.25) is 0 Å². The van der Waals surface area contributed by atoms with Gasteiger partial charge in [-0.15, -0.1) is 0 Å². The minimum absolute atomic E-state index is 0.0544. The zero-order chi connectivity index (χ0) is 21.1. The van der Waals surface area contributed by atoms with E-state index in [1.165, 1.54) is 0 Å². The van der Waals surface area contributed by atoms with E-state index in [0.29, 0.717) is 29.5 Å². The number of piperidine rings is 1. The molecule has 156 valence electrons. The summed E-state index contributed by atoms with van der Waals surface area (Å²) in [5.74, 6) is -0.0544. The molecule has 3 rings (SSSR count). The van der Waals surface area contributed by atoms with Gasteiger partial charge in [0.15, 0.2) is 0 Å². The standard InChI is InChI=1S/C21H29N5O3/c1-14(2)24-11-9-19(10-12-24)22-21(27)18-7-5-17(6-8-18)13-25-16(4)20(26(28)29)15(3)23-25/h5-8,14,19H,9-13H2,1-4H3,(H,22,27). The lowest BCUT2D eigenvalue weighted by molar-refractivity contribution is -0.386. The van der Waals surface area contributed by atoms with Gasteiger partial charge in [-0.05, 0) is 58.2 Å². The number of aryl methyl sites for hydroxylation is 1. The molecule has 1 amide bonds. The molecular formula is C21H29N5O3. The summed E-state index contributed by atoms with van der Waals surface area (Å²) < 4.78 is 1.63. The van der Waals surface area contributed by atoms with Crippen LogP contribution in [0.2, 0.25) is 0 Å². The van der Waals surface area contributed by atoms with Crippen molar-refractivity contribution in [1.29, 1.82) is 0 Å². The summed E-state index contributed by atoms with van der Waals surface area (Å²) in [5.41, 5.74) is 2.56. The number of likely N-dealkylation sites (tertiary alicyclic amines) is 1. The van der Waals surface area contributed by atoms with Crippen molar-refractivity contribution < 1.29 is 9.72 Å². The zero-order valence-corrected chi connectivity index (χ0v) is 17.5. The first kappa shape index (κ1) is 21.0. The lowest BCUT2D eigenvalue weighted by Crippen LogP contribution is -2.46. The van der Waals surface area contributed by atoms with Crippen molar-refractivity contribution in [2.75, 3.05) is 13.1 Å². The lowest BCUT2D eigenvalue weighted by Gasteiger charge is -2.34. The van der Waals surface area contributed by atoms with Crippen molar-refractivity contribution in [3.63, 3.8) is 0 Å². The molecule has 0 unspecified atom stereocenters. The minimum Gasteiger partial charge on any atom is -0.349 e. The molecule has 29 heavy (non-hydrogen) atoms. The fourth-order valence-electron chi connectivity index (χ4n) is 3.87. The number of hydrogen-bond acceptors (Lipinski definition) is 5. The van der Waals surface area contributed by atoms with E-state index in [-0.39, 0.29) is 17.6 Å². The quantitative estimate of drug-likeness (QED) is 0.595. The smallest absolute Gasteiger partial charge is 0.312 e. The number of rotatable bonds is 6. The van der Waals surface area contributed by atoms with Gasteiger partial charge >= 0.3 is 5.69 Å². The monoisotopic (exact) mass is 399 g/mol. The average molecular weight is 399 g/mol. The van der Waals surface area contributed by atoms with Crippen molar-refractivity contribution in [3.05, 3.63) is 56.9 Å². The molecule has 8 heteroatoms. The first-order valence-corrected chi connectivity index (χ1v) is 10.1. The molecule has 0 aliphatic carbocycles. The van der Waals surface area contributed by atoms with Crippen LogP contribution in [-0.2, 0) is 6.54 Å². The fraction of sp³-hybridized carbons (Fsp3) is 0.524. The third-order valence-electron chi connectivity index (χ3n) is 5.67. The van der Waals surface area contributed by atoms with E-state index >= 15 is 0 Å². The topological polar surface area (TPSA) is 93.3 Å². The number of aromatic nitrogens is 2. The first-order chi connectivity index (χ1) is 13.8. The van der Waals surface area contributed by atoms with Crippen molar-refractivity contribution in [3.8, 4) is 0 Å². The second-order valence-corrected chi connectivity index (χ2v) is 8.01. The molecular weight excluding hydrogens is 370 g/mol. The van der Waals surface area contributed by atoms with Crippen LogP contribution in [0.5, 0.6) is 0 Å². The van der Waals surface area contributed by atoms with Crippen LogP contribution in [0, 0.1) is 24.0 Å². The highest BCUT2D eigenvalue weighted by molar-refractivity contribution is 5.94. The molecule has 1 N–H and O–H groups in total. The highest BCUT2D eigenvalue weighted by Gasteiger charge is 2.23. The Morgan fingerprint density at radius 3 is 2.38 bits per heavy atom. The summed E-state index contributed by atoms with van der Waals surface area (Å²) in [6, 6.07) is 8.11. The van der Waals surface area contributed by atoms with Gasteiger partial charge in [-0.2, -0.15) is 5.10 Å². The maximum atomic E-state index is 12.6. The number of amides is 1. The van der Waals surface area contributed by atoms with Gasteiger partial charge in [-0.1, -0.05) is 12.1 Å². The van der Waals surface area contributed by atoms with Crippen LogP contribution in [0.15, 0.2) is 24.3 Å². The molecule has 1 fully saturated rings. The van der Waals surface area contributed by atoms with Gasteiger partial charge in [0.05, 0.1) is 11.5 Å². The highest BCUT2D eigenvalue weighted by atomic mass is 16.6. The van der Waals surface area contributed by atoms with Gasteiger partial charge in [-0.3, -0.25) is 19.6 Å². The third-order valence-corrected chi connectivity index (χ3v) is 5.67. The Kier molecular flexibility index (Phi) is 6.32. The summed E-state index contributed by atoms with van der Waals surface area (Å²) in [7, 11) is 0. The molecule has 0 spiro atoms. The summed E-state index contributed by atoms with van der Waals surface area (Å²) in [4.78, 5) is 25.7. The molecule has 1 aromatic heterocycles. The second-order valence-electron chi connectivity index (χ2n) is 8.01. The maximum Gasteiger partial charge on any atom is 0.312 e. The second kappa shape index (κ2) is 8.73. The van der Waals surface area contributed by atoms with E-state index in [4.69, 9.17) is 0 Å². The van der Waals surface area contributed by atoms with Crippen LogP contribution in [0.3, 0.4) is 0 Å². The number of nitro groups is 1. The maximum absolute atomic E-state index is 12.6. The van der Waals surface area contributed by atoms with Crippen LogP contribution in [0.1, 0.15) is 54.0 Å². The van der Waals surface area contributed by atoms with E-state index in [1.54, 1.807) is 30.7 Å². The number of nitrogens with one attached hydrogen (secondary N) is 1. The van der Waals surface area contributed by atoms with Gasteiger partial charge in [0, 0.05) is 30.7 Å². The van der Waals surface area contributed by atoms with Crippen LogP contribution < -0.4 is 5.32 Å². The Labute approximate surface area is 171 Å². The van der Waals surface area contributed by atoms with Gasteiger partial charge in [0.25, 0.3) is 5.91 Å². The fourth-order valence-corrected chi connectivity index (χ4v) is 3.87. The number of benzene rings is 1. The molecule has 8 nitrogen and oxygen atoms in total. The molecule has 2 aromatic rings. The minimum atomic E-state index is -0.396. The summed E-state index contributed by atoms with van der Waals surface area (Å²) in [5, 5.41) is 18.6. The number of carbonyl (C=O) groups is 1. The van der Waals surface area contributed by atoms with E-state index in [0.717, 1.165) is 31.5 Å². The Morgan fingerprint density at radius 2 is 1.86 bits per heavy atom. The number of nitrogens with zero attached hydrogens (tertiary/aromatic N) is 4. The number of carbonyl (C=O) groups excluding carboxylic acids is 1. The molecule has 1 aliphatic heterocycles. The SMILES string of the molecule is Cc1nn(Cc2ccc(C(=O)NC3CCN(C(C)C)CC3)cc2)c(C)c1[N+](=O)[O-]. The molecule has 0 saturated carbocycles. The number of hydrogen-bond donors (Lipinski definition) is 1. The highest BCUT2D eigenvalue weighted by Crippen LogP contribution is 2.22. The Balaban J connectivity index is 1.60. The molecule has 1 aromatic carbocycles. The zero-order valence-electron chi connectivity index (χ0n) is 17.5. The Hall–Kier alpha value is -2.74. The molecule has 1 saturated heterocycles. The van der Waals surface area contributed by atoms with Crippen LogP contribution in [0.25, 0.3) is 0 Å². The predicted molar refractivity (Wildman–Crippen MR) is 111 cm³/mol. The van der Waals surface area contributed by atoms with E-state index in [2.05, 4.69) is 29.2 Å². The van der Waals surface area contributed by atoms with Crippen LogP contribution >= 0.6 is 0 Å². The lowest BCUT2D eigenvalue weighted by atomic mass is 10.0. The Bertz CT molecular complexity index is 880. The molecule has 2 heterocycles. The molecule has 1 aliphatic rings. The average Bonchev–Trinajstić information content (AvgIpc) is 2.96. The van der Waals surface area contributed by atoms with Gasteiger partial charge in [0.1, 0.15) is 11.4 Å². The largest absolute Gasteiger partial charge is 0.349 e. The normalized spacial score (nSPS) is 15.6. The van der Waals surface area contributed by atoms with Crippen molar-refractivity contribution in [2.45, 2.75) is 59.2 Å². The molecule has 0 radical (unpaired) electrons. The van der Waals surface area contributed by atoms with Gasteiger partial charge in [-0.25, -0.2) is 0 Å². The predicted octanol–water partition coefficient (Wildman–Crippen LogP) is 3.06. The first-order valence-electron chi connectivity index (χ1n) is 10.1. The summed E-state index contributed by atoms with van der Waals surface area (Å²) >= 11 is 0. The summed E-state index contributed by atoms with van der Waals surface area (Å²) in [6.45, 7) is 10.2. The van der Waals surface area contributed by atoms with Crippen molar-refractivity contribution >= 4 is 11.6 Å². The van der Waals surface area contributed by atoms with Crippen LogP contribution in [-0.4, -0.2) is 50.7 Å². The van der Waals surface area contributed by atoms with Crippen molar-refractivity contribution in [2.24, 2.45) is 0 Å². The van der Waals surface area contributed by atoms with Crippen LogP contribution in [0.4, 0.5) is 5.69 Å². The van der Waals surface area contributed by atoms with E-state index in [9.17, 15) is 14.9 Å². The van der Waals surface area contributed by atoms with E-state index < -0.39 is 4.92 Å². The van der Waals surface area contributed by atoms with Crippen molar-refractivity contribution in [1.82, 2.24) is 20.0 Å². The molecule has 0 atom stereocenters. The van der Waals surface area contributed by atoms with Gasteiger partial charge < -0.3 is 10.2 Å². The third kappa shape index (κ3) is 4.82. The summed E-state index contributed by atoms with van der Waals surface area (Å²) in [6.07, 6.45) is 1.94. The molecule has 0 bridgehead atoms. The Morgan fingerprint density at radius 1 is 1.24 bits per heavy atom.